The van der Waals surface area contributed by atoms with Crippen LogP contribution in [0.25, 0.3) is 11.0 Å². The van der Waals surface area contributed by atoms with Crippen molar-refractivity contribution in [1.29, 1.82) is 0 Å². The average molecular weight is 246 g/mol. The van der Waals surface area contributed by atoms with Gasteiger partial charge in [0.05, 0.1) is 6.54 Å². The van der Waals surface area contributed by atoms with E-state index in [1.807, 2.05) is 19.2 Å². The molecule has 0 aliphatic carbocycles. The quantitative estimate of drug-likeness (QED) is 0.879. The molecule has 0 aliphatic rings. The van der Waals surface area contributed by atoms with Gasteiger partial charge >= 0.3 is 0 Å². The van der Waals surface area contributed by atoms with Crippen LogP contribution in [0, 0.1) is 0 Å². The van der Waals surface area contributed by atoms with Gasteiger partial charge in [-0.15, -0.1) is 0 Å². The minimum absolute atomic E-state index is 0.514. The minimum atomic E-state index is 0.514. The van der Waals surface area contributed by atoms with Crippen LogP contribution < -0.4 is 5.32 Å². The number of para-hydroxylation sites is 1. The maximum Gasteiger partial charge on any atom is 0.134 e. The van der Waals surface area contributed by atoms with Crippen molar-refractivity contribution in [3.05, 3.63) is 35.6 Å². The monoisotopic (exact) mass is 246 g/mol. The molecule has 0 spiro atoms. The maximum atomic E-state index is 5.99. The predicted molar refractivity (Wildman–Crippen MR) is 75.6 cm³/mol. The Morgan fingerprint density at radius 2 is 2.00 bits per heavy atom. The lowest BCUT2D eigenvalue weighted by atomic mass is 10.1. The highest BCUT2D eigenvalue weighted by atomic mass is 16.3. The molecular weight excluding hydrogens is 224 g/mol. The van der Waals surface area contributed by atoms with Crippen LogP contribution >= 0.6 is 0 Å². The van der Waals surface area contributed by atoms with E-state index in [1.165, 1.54) is 10.9 Å². The summed E-state index contributed by atoms with van der Waals surface area (Å²) in [6, 6.07) is 8.76. The lowest BCUT2D eigenvalue weighted by Gasteiger charge is -2.20. The highest BCUT2D eigenvalue weighted by Gasteiger charge is 2.15. The van der Waals surface area contributed by atoms with Crippen molar-refractivity contribution in [1.82, 2.24) is 10.2 Å². The second-order valence-electron chi connectivity index (χ2n) is 5.04. The van der Waals surface area contributed by atoms with Crippen LogP contribution in [-0.4, -0.2) is 25.0 Å². The molecule has 98 valence electrons. The number of hydrogen-bond donors (Lipinski definition) is 1. The molecule has 0 amide bonds. The highest BCUT2D eigenvalue weighted by Crippen LogP contribution is 2.26. The first kappa shape index (κ1) is 13.1. The third-order valence-corrected chi connectivity index (χ3v) is 3.41. The van der Waals surface area contributed by atoms with Crippen LogP contribution in [0.1, 0.15) is 25.2 Å². The zero-order valence-corrected chi connectivity index (χ0v) is 11.7. The normalized spacial score (nSPS) is 11.9. The molecule has 0 bridgehead atoms. The number of furan rings is 1. The molecule has 3 nitrogen and oxygen atoms in total. The Labute approximate surface area is 109 Å². The fourth-order valence-electron chi connectivity index (χ4n) is 2.06. The highest BCUT2D eigenvalue weighted by molar-refractivity contribution is 5.82. The van der Waals surface area contributed by atoms with Gasteiger partial charge < -0.3 is 9.73 Å². The molecule has 0 atom stereocenters. The molecule has 1 N–H and O–H groups in total. The fourth-order valence-corrected chi connectivity index (χ4v) is 2.06. The topological polar surface area (TPSA) is 28.4 Å². The zero-order valence-electron chi connectivity index (χ0n) is 11.7. The van der Waals surface area contributed by atoms with Gasteiger partial charge in [0.15, 0.2) is 0 Å². The maximum absolute atomic E-state index is 5.99. The lowest BCUT2D eigenvalue weighted by Crippen LogP contribution is -2.26. The number of benzene rings is 1. The van der Waals surface area contributed by atoms with Gasteiger partial charge in [0.25, 0.3) is 0 Å². The predicted octanol–water partition coefficient (Wildman–Crippen LogP) is 2.99. The van der Waals surface area contributed by atoms with Gasteiger partial charge in [-0.1, -0.05) is 18.2 Å². The standard InChI is InChI=1S/C15H22N2O/c1-11(2)17(4)10-15-13(9-16-3)12-7-5-6-8-14(12)18-15/h5-8,11,16H,9-10H2,1-4H3. The van der Waals surface area contributed by atoms with E-state index < -0.39 is 0 Å². The van der Waals surface area contributed by atoms with Gasteiger partial charge in [-0.05, 0) is 34.0 Å². The third-order valence-electron chi connectivity index (χ3n) is 3.41. The summed E-state index contributed by atoms with van der Waals surface area (Å²) in [5, 5.41) is 4.45. The molecule has 0 aliphatic heterocycles. The smallest absolute Gasteiger partial charge is 0.134 e. The molecule has 0 radical (unpaired) electrons. The second kappa shape index (κ2) is 5.55. The molecular formula is C15H22N2O. The first-order chi connectivity index (χ1) is 8.63. The Kier molecular flexibility index (Phi) is 4.04. The molecule has 0 saturated heterocycles. The fraction of sp³-hybridized carbons (Fsp3) is 0.467. The summed E-state index contributed by atoms with van der Waals surface area (Å²) in [6.07, 6.45) is 0. The molecule has 1 aromatic heterocycles. The van der Waals surface area contributed by atoms with Crippen molar-refractivity contribution in [2.75, 3.05) is 14.1 Å². The Hall–Kier alpha value is -1.32. The van der Waals surface area contributed by atoms with E-state index in [0.29, 0.717) is 6.04 Å². The van der Waals surface area contributed by atoms with E-state index in [9.17, 15) is 0 Å². The summed E-state index contributed by atoms with van der Waals surface area (Å²) >= 11 is 0. The Balaban J connectivity index is 2.39. The molecule has 0 saturated carbocycles. The Morgan fingerprint density at radius 3 is 2.67 bits per heavy atom. The summed E-state index contributed by atoms with van der Waals surface area (Å²) in [6.45, 7) is 6.09. The Bertz CT molecular complexity index is 516. The molecule has 1 aromatic carbocycles. The van der Waals surface area contributed by atoms with Crippen molar-refractivity contribution in [2.45, 2.75) is 33.0 Å². The average Bonchev–Trinajstić information content (AvgIpc) is 2.68. The number of rotatable bonds is 5. The van der Waals surface area contributed by atoms with Crippen molar-refractivity contribution >= 4 is 11.0 Å². The number of fused-ring (bicyclic) bond motifs is 1. The summed E-state index contributed by atoms with van der Waals surface area (Å²) in [5.41, 5.74) is 2.26. The number of nitrogens with one attached hydrogen (secondary N) is 1. The molecule has 0 fully saturated rings. The van der Waals surface area contributed by atoms with E-state index in [4.69, 9.17) is 4.42 Å². The second-order valence-corrected chi connectivity index (χ2v) is 5.04. The van der Waals surface area contributed by atoms with Crippen LogP contribution in [0.4, 0.5) is 0 Å². The Morgan fingerprint density at radius 1 is 1.28 bits per heavy atom. The third kappa shape index (κ3) is 2.57. The van der Waals surface area contributed by atoms with Crippen molar-refractivity contribution in [3.8, 4) is 0 Å². The molecule has 1 heterocycles. The van der Waals surface area contributed by atoms with Gasteiger partial charge in [-0.2, -0.15) is 0 Å². The van der Waals surface area contributed by atoms with Gasteiger partial charge in [0.1, 0.15) is 11.3 Å². The summed E-state index contributed by atoms with van der Waals surface area (Å²) in [5.74, 6) is 1.07. The summed E-state index contributed by atoms with van der Waals surface area (Å²) in [4.78, 5) is 2.29. The molecule has 2 aromatic rings. The van der Waals surface area contributed by atoms with Crippen LogP contribution in [0.2, 0.25) is 0 Å². The zero-order chi connectivity index (χ0) is 13.1. The van der Waals surface area contributed by atoms with Crippen LogP contribution in [-0.2, 0) is 13.1 Å². The molecule has 2 rings (SSSR count). The van der Waals surface area contributed by atoms with Crippen LogP contribution in [0.15, 0.2) is 28.7 Å². The van der Waals surface area contributed by atoms with Crippen LogP contribution in [0.5, 0.6) is 0 Å². The minimum Gasteiger partial charge on any atom is -0.459 e. The van der Waals surface area contributed by atoms with E-state index in [-0.39, 0.29) is 0 Å². The number of nitrogens with zero attached hydrogens (tertiary/aromatic N) is 1. The van der Waals surface area contributed by atoms with E-state index in [0.717, 1.165) is 24.4 Å². The molecule has 0 unspecified atom stereocenters. The van der Waals surface area contributed by atoms with Gasteiger partial charge in [0, 0.05) is 23.5 Å². The largest absolute Gasteiger partial charge is 0.459 e. The molecule has 18 heavy (non-hydrogen) atoms. The summed E-state index contributed by atoms with van der Waals surface area (Å²) in [7, 11) is 4.10. The van der Waals surface area contributed by atoms with Gasteiger partial charge in [-0.3, -0.25) is 4.90 Å². The van der Waals surface area contributed by atoms with Crippen molar-refractivity contribution in [3.63, 3.8) is 0 Å². The number of hydrogen-bond acceptors (Lipinski definition) is 3. The lowest BCUT2D eigenvalue weighted by molar-refractivity contribution is 0.245. The SMILES string of the molecule is CNCc1c(CN(C)C(C)C)oc2ccccc12. The summed E-state index contributed by atoms with van der Waals surface area (Å²) < 4.78 is 5.99. The first-order valence-corrected chi connectivity index (χ1v) is 6.47. The van der Waals surface area contributed by atoms with Gasteiger partial charge in [0.2, 0.25) is 0 Å². The first-order valence-electron chi connectivity index (χ1n) is 6.47. The van der Waals surface area contributed by atoms with Crippen molar-refractivity contribution in [2.24, 2.45) is 0 Å². The van der Waals surface area contributed by atoms with Crippen molar-refractivity contribution < 1.29 is 4.42 Å². The van der Waals surface area contributed by atoms with Gasteiger partial charge in [-0.25, -0.2) is 0 Å². The van der Waals surface area contributed by atoms with E-state index >= 15 is 0 Å². The van der Waals surface area contributed by atoms with Crippen LogP contribution in [0.3, 0.4) is 0 Å². The van der Waals surface area contributed by atoms with E-state index in [2.05, 4.69) is 43.2 Å². The van der Waals surface area contributed by atoms with E-state index in [1.54, 1.807) is 0 Å². The molecule has 3 heteroatoms.